The monoisotopic (exact) mass is 660 g/mol. The van der Waals surface area contributed by atoms with E-state index in [-0.39, 0.29) is 0 Å². The fourth-order valence-corrected chi connectivity index (χ4v) is 8.40. The number of primary amides is 1. The molecule has 1 aliphatic rings. The Kier molecular flexibility index (Phi) is 9.98. The van der Waals surface area contributed by atoms with Gasteiger partial charge in [0.25, 0.3) is 0 Å². The molecule has 1 aliphatic carbocycles. The Morgan fingerprint density at radius 1 is 0.571 bits per heavy atom. The second-order valence-corrected chi connectivity index (χ2v) is 15.9. The van der Waals surface area contributed by atoms with Crippen molar-refractivity contribution in [1.82, 2.24) is 4.90 Å². The summed E-state index contributed by atoms with van der Waals surface area (Å²) in [5, 5.41) is 27.3. The van der Waals surface area contributed by atoms with Crippen LogP contribution in [-0.4, -0.2) is 39.0 Å². The highest BCUT2D eigenvalue weighted by atomic mass is 16.3. The molecular formula is C43H52N2O4. The van der Waals surface area contributed by atoms with Crippen LogP contribution < -0.4 is 5.73 Å². The van der Waals surface area contributed by atoms with Crippen LogP contribution in [0.3, 0.4) is 0 Å². The molecule has 2 atom stereocenters. The summed E-state index contributed by atoms with van der Waals surface area (Å²) in [7, 11) is 0. The van der Waals surface area contributed by atoms with Gasteiger partial charge in [-0.25, -0.2) is 0 Å². The molecule has 2 amide bonds. The summed E-state index contributed by atoms with van der Waals surface area (Å²) in [4.78, 5) is 31.3. The normalized spacial score (nSPS) is 16.5. The number of hydrogen-bond acceptors (Lipinski definition) is 4. The molecule has 0 bridgehead atoms. The maximum atomic E-state index is 15.9. The van der Waals surface area contributed by atoms with Crippen molar-refractivity contribution in [3.05, 3.63) is 144 Å². The third kappa shape index (κ3) is 6.44. The molecule has 0 aromatic heterocycles. The first-order chi connectivity index (χ1) is 23.1. The molecule has 49 heavy (non-hydrogen) atoms. The lowest BCUT2D eigenvalue weighted by Crippen LogP contribution is -2.71. The SMILES string of the molecule is CC(C)(C)[C@@H](N(C(=O)C1(C(N)=O)CCCC1)[C@H](C(C)(C)C)C(O)(c1ccccc1)c1ccccc1)C(O)(c1ccccc1)c1ccccc1. The molecule has 6 heteroatoms. The standard InChI is InChI=1S/C43H52N2O4/c1-39(2,3)35(42(48,31-21-11-7-12-22-31)32-23-13-8-14-24-32)45(38(47)41(37(44)46)29-19-20-30-41)36(40(4,5)6)43(49,33-25-15-9-16-26-33)34-27-17-10-18-28-34/h7-18,21-28,35-36,48-49H,19-20,29-30H2,1-6H3,(H2,44,46)/t35-,36-/m1/s1. The summed E-state index contributed by atoms with van der Waals surface area (Å²) in [5.41, 5.74) is 1.90. The van der Waals surface area contributed by atoms with Crippen LogP contribution in [0.5, 0.6) is 0 Å². The molecule has 5 rings (SSSR count). The minimum Gasteiger partial charge on any atom is -0.378 e. The van der Waals surface area contributed by atoms with Crippen molar-refractivity contribution in [3.63, 3.8) is 0 Å². The number of amides is 2. The average molecular weight is 661 g/mol. The van der Waals surface area contributed by atoms with Crippen molar-refractivity contribution in [3.8, 4) is 0 Å². The van der Waals surface area contributed by atoms with Crippen molar-refractivity contribution in [2.24, 2.45) is 22.0 Å². The van der Waals surface area contributed by atoms with E-state index in [1.807, 2.05) is 163 Å². The topological polar surface area (TPSA) is 104 Å². The molecule has 1 fully saturated rings. The number of carbonyl (C=O) groups is 2. The summed E-state index contributed by atoms with van der Waals surface area (Å²) in [6.07, 6.45) is 1.95. The molecule has 0 radical (unpaired) electrons. The van der Waals surface area contributed by atoms with Gasteiger partial charge in [-0.2, -0.15) is 0 Å². The number of benzene rings is 4. The number of hydrogen-bond donors (Lipinski definition) is 3. The lowest BCUT2D eigenvalue weighted by molar-refractivity contribution is -0.184. The Hall–Kier alpha value is -4.26. The van der Waals surface area contributed by atoms with Gasteiger partial charge in [-0.15, -0.1) is 0 Å². The van der Waals surface area contributed by atoms with Crippen molar-refractivity contribution >= 4 is 11.8 Å². The molecule has 0 unspecified atom stereocenters. The van der Waals surface area contributed by atoms with E-state index in [0.29, 0.717) is 47.9 Å². The van der Waals surface area contributed by atoms with E-state index in [4.69, 9.17) is 5.73 Å². The minimum atomic E-state index is -1.79. The summed E-state index contributed by atoms with van der Waals surface area (Å²) >= 11 is 0. The molecule has 4 aromatic rings. The third-order valence-electron chi connectivity index (χ3n) is 10.4. The first-order valence-electron chi connectivity index (χ1n) is 17.4. The van der Waals surface area contributed by atoms with Crippen LogP contribution in [0.25, 0.3) is 0 Å². The van der Waals surface area contributed by atoms with Crippen LogP contribution in [0.4, 0.5) is 0 Å². The Bertz CT molecular complexity index is 1520. The zero-order valence-electron chi connectivity index (χ0n) is 29.8. The highest BCUT2D eigenvalue weighted by molar-refractivity contribution is 6.05. The molecule has 6 nitrogen and oxygen atoms in total. The van der Waals surface area contributed by atoms with E-state index >= 15 is 4.79 Å². The highest BCUT2D eigenvalue weighted by Gasteiger charge is 2.62. The molecule has 258 valence electrons. The van der Waals surface area contributed by atoms with Gasteiger partial charge in [-0.1, -0.05) is 176 Å². The van der Waals surface area contributed by atoms with Crippen molar-refractivity contribution in [1.29, 1.82) is 0 Å². The van der Waals surface area contributed by atoms with E-state index in [0.717, 1.165) is 0 Å². The maximum absolute atomic E-state index is 15.9. The largest absolute Gasteiger partial charge is 0.378 e. The van der Waals surface area contributed by atoms with Gasteiger partial charge in [0, 0.05) is 0 Å². The van der Waals surface area contributed by atoms with Crippen LogP contribution >= 0.6 is 0 Å². The fourth-order valence-electron chi connectivity index (χ4n) is 8.40. The molecule has 0 saturated heterocycles. The smallest absolute Gasteiger partial charge is 0.239 e. The average Bonchev–Trinajstić information content (AvgIpc) is 3.60. The molecular weight excluding hydrogens is 608 g/mol. The first kappa shape index (κ1) is 36.0. The predicted molar refractivity (Wildman–Crippen MR) is 195 cm³/mol. The number of carbonyl (C=O) groups excluding carboxylic acids is 2. The number of aliphatic hydroxyl groups is 2. The van der Waals surface area contributed by atoms with Gasteiger partial charge < -0.3 is 20.8 Å². The van der Waals surface area contributed by atoms with Crippen LogP contribution in [-0.2, 0) is 20.8 Å². The number of nitrogens with zero attached hydrogens (tertiary/aromatic N) is 1. The van der Waals surface area contributed by atoms with Crippen molar-refractivity contribution < 1.29 is 19.8 Å². The predicted octanol–water partition coefficient (Wildman–Crippen LogP) is 7.56. The Labute approximate surface area is 292 Å². The second-order valence-electron chi connectivity index (χ2n) is 15.9. The molecule has 4 aromatic carbocycles. The lowest BCUT2D eigenvalue weighted by Gasteiger charge is -2.59. The van der Waals surface area contributed by atoms with Gasteiger partial charge in [-0.05, 0) is 45.9 Å². The van der Waals surface area contributed by atoms with Gasteiger partial charge >= 0.3 is 0 Å². The fraction of sp³-hybridized carbons (Fsp3) is 0.395. The highest BCUT2D eigenvalue weighted by Crippen LogP contribution is 2.53. The zero-order valence-corrected chi connectivity index (χ0v) is 29.8. The van der Waals surface area contributed by atoms with E-state index in [2.05, 4.69) is 0 Å². The molecule has 4 N–H and O–H groups in total. The molecule has 0 aliphatic heterocycles. The first-order valence-corrected chi connectivity index (χ1v) is 17.4. The van der Waals surface area contributed by atoms with E-state index in [9.17, 15) is 15.0 Å². The minimum absolute atomic E-state index is 0.301. The Balaban J connectivity index is 1.97. The zero-order chi connectivity index (χ0) is 35.7. The van der Waals surface area contributed by atoms with Crippen molar-refractivity contribution in [2.75, 3.05) is 0 Å². The van der Waals surface area contributed by atoms with Gasteiger partial charge in [-0.3, -0.25) is 9.59 Å². The maximum Gasteiger partial charge on any atom is 0.239 e. The quantitative estimate of drug-likeness (QED) is 0.153. The van der Waals surface area contributed by atoms with E-state index in [1.165, 1.54) is 0 Å². The van der Waals surface area contributed by atoms with Gasteiger partial charge in [0.1, 0.15) is 16.6 Å². The van der Waals surface area contributed by atoms with Crippen LogP contribution in [0, 0.1) is 16.2 Å². The van der Waals surface area contributed by atoms with Gasteiger partial charge in [0.15, 0.2) is 0 Å². The van der Waals surface area contributed by atoms with Crippen LogP contribution in [0.1, 0.15) is 89.5 Å². The molecule has 1 saturated carbocycles. The summed E-state index contributed by atoms with van der Waals surface area (Å²) < 4.78 is 0. The number of rotatable bonds is 10. The number of nitrogens with two attached hydrogens (primary N) is 1. The van der Waals surface area contributed by atoms with Gasteiger partial charge in [0.05, 0.1) is 12.1 Å². The van der Waals surface area contributed by atoms with Crippen molar-refractivity contribution in [2.45, 2.75) is 90.5 Å². The van der Waals surface area contributed by atoms with E-state index in [1.54, 1.807) is 4.90 Å². The summed E-state index contributed by atoms with van der Waals surface area (Å²) in [6.45, 7) is 12.0. The second kappa shape index (κ2) is 13.6. The lowest BCUT2D eigenvalue weighted by atomic mass is 9.63. The Morgan fingerprint density at radius 2 is 0.837 bits per heavy atom. The third-order valence-corrected chi connectivity index (χ3v) is 10.4. The molecule has 0 heterocycles. The van der Waals surface area contributed by atoms with Gasteiger partial charge in [0.2, 0.25) is 11.8 Å². The van der Waals surface area contributed by atoms with E-state index < -0.39 is 51.3 Å². The van der Waals surface area contributed by atoms with Crippen LogP contribution in [0.2, 0.25) is 0 Å². The molecule has 0 spiro atoms. The summed E-state index contributed by atoms with van der Waals surface area (Å²) in [5.74, 6) is -1.14. The Morgan fingerprint density at radius 3 is 1.06 bits per heavy atom. The van der Waals surface area contributed by atoms with Crippen LogP contribution in [0.15, 0.2) is 121 Å². The summed E-state index contributed by atoms with van der Waals surface area (Å²) in [6, 6.07) is 35.6.